The van der Waals surface area contributed by atoms with Gasteiger partial charge in [0.15, 0.2) is 0 Å². The van der Waals surface area contributed by atoms with Crippen molar-refractivity contribution in [1.82, 2.24) is 10.6 Å². The molecule has 4 N–H and O–H groups in total. The van der Waals surface area contributed by atoms with Crippen LogP contribution in [0.2, 0.25) is 0 Å². The van der Waals surface area contributed by atoms with Crippen LogP contribution in [0.3, 0.4) is 0 Å². The van der Waals surface area contributed by atoms with E-state index in [0.717, 1.165) is 19.6 Å². The van der Waals surface area contributed by atoms with Crippen LogP contribution in [0.25, 0.3) is 0 Å². The van der Waals surface area contributed by atoms with Gasteiger partial charge in [0, 0.05) is 25.7 Å². The predicted molar refractivity (Wildman–Crippen MR) is 45.7 cm³/mol. The zero-order chi connectivity index (χ0) is 11.0. The Labute approximate surface area is 80.0 Å². The van der Waals surface area contributed by atoms with Crippen LogP contribution in [-0.4, -0.2) is 47.0 Å². The van der Waals surface area contributed by atoms with Gasteiger partial charge >= 0.3 is 5.97 Å². The molecule has 0 amide bonds. The summed E-state index contributed by atoms with van der Waals surface area (Å²) in [5.41, 5.74) is 0. The average molecular weight is 207 g/mol. The molecule has 1 unspecified atom stereocenters. The Kier molecular flexibility index (Phi) is 6.33. The molecule has 1 aliphatic heterocycles. The maximum Gasteiger partial charge on any atom is 0.304 e. The third-order valence-corrected chi connectivity index (χ3v) is 1.55. The maximum atomic E-state index is 10.2. The molecule has 0 bridgehead atoms. The molecule has 0 aliphatic carbocycles. The number of hydrogen-bond donors (Lipinski definition) is 4. The predicted octanol–water partition coefficient (Wildman–Crippen LogP) is -1.33. The van der Waals surface area contributed by atoms with Crippen LogP contribution in [0.5, 0.6) is 0 Å². The minimum Gasteiger partial charge on any atom is -0.481 e. The normalized spacial score (nSPS) is 20.4. The van der Waals surface area contributed by atoms with Crippen LogP contribution in [0.15, 0.2) is 0 Å². The Morgan fingerprint density at radius 2 is 2.14 bits per heavy atom. The van der Waals surface area contributed by atoms with Crippen molar-refractivity contribution in [1.29, 1.82) is 0 Å². The van der Waals surface area contributed by atoms with E-state index in [1.165, 1.54) is 0 Å². The van der Waals surface area contributed by atoms with Crippen molar-refractivity contribution >= 4 is 5.97 Å². The highest BCUT2D eigenvalue weighted by Gasteiger charge is 2.14. The molecule has 8 heteroatoms. The molecular formula is C6H13N3O5. The molecule has 0 aromatic rings. The summed E-state index contributed by atoms with van der Waals surface area (Å²) in [5, 5.41) is 28.3. The van der Waals surface area contributed by atoms with Crippen molar-refractivity contribution in [2.45, 2.75) is 12.5 Å². The van der Waals surface area contributed by atoms with Gasteiger partial charge in [-0.15, -0.1) is 10.1 Å². The lowest BCUT2D eigenvalue weighted by Crippen LogP contribution is -2.49. The number of nitrogens with one attached hydrogen (secondary N) is 2. The van der Waals surface area contributed by atoms with E-state index in [-0.39, 0.29) is 12.5 Å². The smallest absolute Gasteiger partial charge is 0.304 e. The first kappa shape index (κ1) is 12.6. The Balaban J connectivity index is 0.000000364. The summed E-state index contributed by atoms with van der Waals surface area (Å²) in [6.45, 7) is 2.58. The van der Waals surface area contributed by atoms with Crippen LogP contribution >= 0.6 is 0 Å². The van der Waals surface area contributed by atoms with Gasteiger partial charge in [-0.25, -0.2) is 0 Å². The van der Waals surface area contributed by atoms with Gasteiger partial charge in [0.05, 0.1) is 6.42 Å². The summed E-state index contributed by atoms with van der Waals surface area (Å²) in [6, 6.07) is 0.117. The molecule has 0 radical (unpaired) electrons. The second-order valence-corrected chi connectivity index (χ2v) is 2.69. The Morgan fingerprint density at radius 3 is 2.50 bits per heavy atom. The van der Waals surface area contributed by atoms with Crippen LogP contribution in [0.4, 0.5) is 0 Å². The molecule has 1 fully saturated rings. The van der Waals surface area contributed by atoms with Gasteiger partial charge < -0.3 is 20.9 Å². The average Bonchev–Trinajstić information content (AvgIpc) is 2.03. The highest BCUT2D eigenvalue weighted by atomic mass is 16.9. The van der Waals surface area contributed by atoms with Crippen molar-refractivity contribution < 1.29 is 20.2 Å². The minimum atomic E-state index is -1.50. The topological polar surface area (TPSA) is 125 Å². The molecule has 0 saturated carbocycles. The molecule has 82 valence electrons. The number of carbonyl (C=O) groups is 1. The van der Waals surface area contributed by atoms with Crippen molar-refractivity contribution in [3.63, 3.8) is 0 Å². The number of aliphatic carboxylic acids is 1. The van der Waals surface area contributed by atoms with Crippen molar-refractivity contribution in [3.8, 4) is 0 Å². The van der Waals surface area contributed by atoms with E-state index in [9.17, 15) is 4.79 Å². The lowest BCUT2D eigenvalue weighted by atomic mass is 10.2. The number of rotatable bonds is 2. The fourth-order valence-corrected chi connectivity index (χ4v) is 1.07. The second kappa shape index (κ2) is 7.04. The summed E-state index contributed by atoms with van der Waals surface area (Å²) < 4.78 is 0. The van der Waals surface area contributed by atoms with Gasteiger partial charge in [-0.05, 0) is 0 Å². The highest BCUT2D eigenvalue weighted by molar-refractivity contribution is 5.67. The first-order valence-electron chi connectivity index (χ1n) is 4.01. The molecule has 0 aromatic carbocycles. The summed E-state index contributed by atoms with van der Waals surface area (Å²) in [4.78, 5) is 18.6. The van der Waals surface area contributed by atoms with Gasteiger partial charge in [0.2, 0.25) is 0 Å². The first-order chi connectivity index (χ1) is 6.52. The highest BCUT2D eigenvalue weighted by Crippen LogP contribution is 1.92. The number of carboxylic acid groups (broad SMARTS) is 1. The Morgan fingerprint density at radius 1 is 1.57 bits per heavy atom. The molecule has 0 aromatic heterocycles. The van der Waals surface area contributed by atoms with Gasteiger partial charge in [-0.2, -0.15) is 0 Å². The Bertz CT molecular complexity index is 188. The molecule has 1 aliphatic rings. The van der Waals surface area contributed by atoms with E-state index in [0.29, 0.717) is 0 Å². The van der Waals surface area contributed by atoms with Crippen LogP contribution < -0.4 is 10.6 Å². The van der Waals surface area contributed by atoms with E-state index in [2.05, 4.69) is 10.6 Å². The third kappa shape index (κ3) is 8.68. The van der Waals surface area contributed by atoms with Crippen molar-refractivity contribution in [3.05, 3.63) is 10.1 Å². The lowest BCUT2D eigenvalue weighted by molar-refractivity contribution is -0.742. The van der Waals surface area contributed by atoms with Crippen molar-refractivity contribution in [2.75, 3.05) is 19.6 Å². The number of nitrogens with zero attached hydrogens (tertiary/aromatic N) is 1. The van der Waals surface area contributed by atoms with Gasteiger partial charge in [0.25, 0.3) is 5.09 Å². The molecule has 1 atom stereocenters. The van der Waals surface area contributed by atoms with Crippen LogP contribution in [0, 0.1) is 10.1 Å². The zero-order valence-electron chi connectivity index (χ0n) is 7.47. The van der Waals surface area contributed by atoms with E-state index < -0.39 is 11.1 Å². The summed E-state index contributed by atoms with van der Waals surface area (Å²) in [6.07, 6.45) is 0.215. The molecule has 14 heavy (non-hydrogen) atoms. The fraction of sp³-hybridized carbons (Fsp3) is 0.833. The van der Waals surface area contributed by atoms with Gasteiger partial charge in [0.1, 0.15) is 0 Å². The van der Waals surface area contributed by atoms with Gasteiger partial charge in [-0.3, -0.25) is 4.79 Å². The van der Waals surface area contributed by atoms with E-state index in [1.807, 2.05) is 0 Å². The fourth-order valence-electron chi connectivity index (χ4n) is 1.07. The second-order valence-electron chi connectivity index (χ2n) is 2.69. The summed E-state index contributed by atoms with van der Waals surface area (Å²) in [5.74, 6) is -0.735. The Hall–Kier alpha value is -1.41. The summed E-state index contributed by atoms with van der Waals surface area (Å²) in [7, 11) is 0. The quantitative estimate of drug-likeness (QED) is 0.326. The minimum absolute atomic E-state index is 0.117. The first-order valence-corrected chi connectivity index (χ1v) is 4.01. The van der Waals surface area contributed by atoms with Crippen LogP contribution in [-0.2, 0) is 4.79 Å². The summed E-state index contributed by atoms with van der Waals surface area (Å²) >= 11 is 0. The SMILES string of the molecule is O=C(O)CC1CNCCN1.O=[N+]([O-])O. The molecule has 1 saturated heterocycles. The molecule has 1 rings (SSSR count). The van der Waals surface area contributed by atoms with E-state index >= 15 is 0 Å². The molecular weight excluding hydrogens is 194 g/mol. The largest absolute Gasteiger partial charge is 0.481 e. The maximum absolute atomic E-state index is 10.2. The van der Waals surface area contributed by atoms with Gasteiger partial charge in [-0.1, -0.05) is 0 Å². The molecule has 0 spiro atoms. The third-order valence-electron chi connectivity index (χ3n) is 1.55. The molecule has 1 heterocycles. The monoisotopic (exact) mass is 207 g/mol. The van der Waals surface area contributed by atoms with E-state index in [4.69, 9.17) is 20.4 Å². The molecule has 8 nitrogen and oxygen atoms in total. The number of hydrogen-bond acceptors (Lipinski definition) is 5. The standard InChI is InChI=1S/C6H12N2O2.HNO3/c9-6(10)3-5-4-7-1-2-8-5;2-1(3)4/h5,7-8H,1-4H2,(H,9,10);(H,2,3,4). The lowest BCUT2D eigenvalue weighted by Gasteiger charge is -2.22. The van der Waals surface area contributed by atoms with E-state index in [1.54, 1.807) is 0 Å². The van der Waals surface area contributed by atoms with Crippen molar-refractivity contribution in [2.24, 2.45) is 0 Å². The zero-order valence-corrected chi connectivity index (χ0v) is 7.47. The number of carboxylic acids is 1. The number of piperazine rings is 1. The van der Waals surface area contributed by atoms with Crippen LogP contribution in [0.1, 0.15) is 6.42 Å².